The molecule has 0 spiro atoms. The zero-order chi connectivity index (χ0) is 22.2. The van der Waals surface area contributed by atoms with E-state index < -0.39 is 9.52 Å². The minimum Gasteiger partial charge on any atom is -0.393 e. The summed E-state index contributed by atoms with van der Waals surface area (Å²) in [6, 6.07) is 14.2. The summed E-state index contributed by atoms with van der Waals surface area (Å²) in [6.07, 6.45) is 2.17. The highest BCUT2D eigenvalue weighted by molar-refractivity contribution is 8.00. The molecular weight excluding hydrogens is 406 g/mol. The van der Waals surface area contributed by atoms with Crippen molar-refractivity contribution < 1.29 is 9.32 Å². The maximum absolute atomic E-state index is 12.9. The smallest absolute Gasteiger partial charge is 0.138 e. The minimum absolute atomic E-state index is 0.354. The van der Waals surface area contributed by atoms with E-state index in [0.717, 1.165) is 49.2 Å². The predicted octanol–water partition coefficient (Wildman–Crippen LogP) is 4.97. The number of aryl methyl sites for hydroxylation is 1. The van der Waals surface area contributed by atoms with Crippen molar-refractivity contribution in [1.29, 1.82) is 0 Å². The van der Waals surface area contributed by atoms with Crippen molar-refractivity contribution in [3.8, 4) is 11.1 Å². The van der Waals surface area contributed by atoms with Gasteiger partial charge in [0.25, 0.3) is 0 Å². The number of benzene rings is 2. The third-order valence-electron chi connectivity index (χ3n) is 5.66. The fourth-order valence-electron chi connectivity index (χ4n) is 3.86. The molecule has 3 N–H and O–H groups in total. The molecular formula is C25H29N3O2S. The zero-order valence-electron chi connectivity index (χ0n) is 18.2. The summed E-state index contributed by atoms with van der Waals surface area (Å²) in [4.78, 5) is 8.84. The highest BCUT2D eigenvalue weighted by Gasteiger charge is 2.16. The highest BCUT2D eigenvalue weighted by atomic mass is 32.2. The summed E-state index contributed by atoms with van der Waals surface area (Å²) in [5.74, 6) is 4.46. The lowest BCUT2D eigenvalue weighted by molar-refractivity contribution is 0.189. The molecule has 0 saturated heterocycles. The van der Waals surface area contributed by atoms with Gasteiger partial charge >= 0.3 is 0 Å². The molecule has 0 radical (unpaired) electrons. The third-order valence-corrected chi connectivity index (χ3v) is 7.71. The van der Waals surface area contributed by atoms with Crippen molar-refractivity contribution in [3.63, 3.8) is 0 Å². The van der Waals surface area contributed by atoms with Crippen molar-refractivity contribution in [2.24, 2.45) is 0 Å². The van der Waals surface area contributed by atoms with Crippen LogP contribution >= 0.6 is 0 Å². The fraction of sp³-hybridized carbons (Fsp3) is 0.280. The van der Waals surface area contributed by atoms with Crippen LogP contribution in [0.15, 0.2) is 53.6 Å². The van der Waals surface area contributed by atoms with Gasteiger partial charge in [-0.3, -0.25) is 4.21 Å². The van der Waals surface area contributed by atoms with Crippen LogP contribution in [0.3, 0.4) is 0 Å². The number of anilines is 1. The van der Waals surface area contributed by atoms with Crippen molar-refractivity contribution in [2.75, 3.05) is 17.6 Å². The highest BCUT2D eigenvalue weighted by Crippen LogP contribution is 2.38. The van der Waals surface area contributed by atoms with Gasteiger partial charge in [0, 0.05) is 34.2 Å². The van der Waals surface area contributed by atoms with Crippen molar-refractivity contribution in [3.05, 3.63) is 54.2 Å². The van der Waals surface area contributed by atoms with Crippen LogP contribution in [0.1, 0.15) is 25.8 Å². The van der Waals surface area contributed by atoms with Gasteiger partial charge in [0.1, 0.15) is 5.65 Å². The third kappa shape index (κ3) is 4.18. The first kappa shape index (κ1) is 21.4. The Morgan fingerprint density at radius 3 is 2.81 bits per heavy atom. The van der Waals surface area contributed by atoms with E-state index in [2.05, 4.69) is 39.4 Å². The van der Waals surface area contributed by atoms with Gasteiger partial charge in [0.05, 0.1) is 17.3 Å². The molecule has 0 aliphatic rings. The van der Waals surface area contributed by atoms with Gasteiger partial charge in [0.2, 0.25) is 0 Å². The monoisotopic (exact) mass is 435 g/mol. The van der Waals surface area contributed by atoms with E-state index in [1.54, 1.807) is 6.92 Å². The van der Waals surface area contributed by atoms with Crippen molar-refractivity contribution in [1.82, 2.24) is 9.97 Å². The average Bonchev–Trinajstić information content (AvgIpc) is 3.13. The molecule has 162 valence electrons. The number of hydrogen-bond acceptors (Lipinski definition) is 4. The molecule has 5 nitrogen and oxygen atoms in total. The van der Waals surface area contributed by atoms with Crippen LogP contribution in [0, 0.1) is 6.92 Å². The van der Waals surface area contributed by atoms with Gasteiger partial charge in [-0.2, -0.15) is 0 Å². The predicted molar refractivity (Wildman–Crippen MR) is 133 cm³/mol. The maximum Gasteiger partial charge on any atom is 0.138 e. The summed E-state index contributed by atoms with van der Waals surface area (Å²) in [7, 11) is -2.30. The van der Waals surface area contributed by atoms with E-state index in [1.165, 1.54) is 0 Å². The van der Waals surface area contributed by atoms with Gasteiger partial charge in [-0.1, -0.05) is 25.1 Å². The number of nitrogens with one attached hydrogen (secondary N) is 2. The lowest BCUT2D eigenvalue weighted by Crippen LogP contribution is -2.10. The number of hydrogen-bond donors (Lipinski definition) is 3. The number of fused-ring (bicyclic) bond motifs is 3. The molecule has 1 unspecified atom stereocenters. The molecule has 2 aromatic heterocycles. The van der Waals surface area contributed by atoms with Gasteiger partial charge in [-0.05, 0) is 76.6 Å². The number of pyridine rings is 1. The standard InChI is InChI=1S/C25H29N3O2S/c1-5-31(4,30)19-8-6-7-18(14-19)20-9-10-22(26-12-11-17(3)29)24-23(20)21-13-16(2)15-27-25(21)28-24/h6-10,13-15,17,26,29H,4-5,11-12H2,1-3H3,(H,27,28)/t17-,31?/m1/s1. The number of rotatable bonds is 7. The van der Waals surface area contributed by atoms with Crippen LogP contribution in [0.25, 0.3) is 33.1 Å². The van der Waals surface area contributed by atoms with Gasteiger partial charge in [0.15, 0.2) is 0 Å². The van der Waals surface area contributed by atoms with Crippen molar-refractivity contribution in [2.45, 2.75) is 38.2 Å². The Labute approximate surface area is 183 Å². The van der Waals surface area contributed by atoms with Crippen LogP contribution in [0.5, 0.6) is 0 Å². The number of H-pyrrole nitrogens is 1. The summed E-state index contributed by atoms with van der Waals surface area (Å²) in [5, 5.41) is 15.2. The second-order valence-corrected chi connectivity index (χ2v) is 10.8. The van der Waals surface area contributed by atoms with Gasteiger partial charge in [-0.15, -0.1) is 0 Å². The molecule has 2 atom stereocenters. The zero-order valence-corrected chi connectivity index (χ0v) is 19.1. The van der Waals surface area contributed by atoms with E-state index in [4.69, 9.17) is 0 Å². The van der Waals surface area contributed by atoms with Crippen LogP contribution in [0.2, 0.25) is 0 Å². The molecule has 31 heavy (non-hydrogen) atoms. The normalized spacial score (nSPS) is 14.6. The van der Waals surface area contributed by atoms with Gasteiger partial charge < -0.3 is 15.4 Å². The summed E-state index contributed by atoms with van der Waals surface area (Å²) in [5.41, 5.74) is 5.94. The Bertz CT molecular complexity index is 1350. The molecule has 0 aliphatic heterocycles. The summed E-state index contributed by atoms with van der Waals surface area (Å²) < 4.78 is 12.9. The maximum atomic E-state index is 12.9. The Kier molecular flexibility index (Phi) is 5.77. The number of aliphatic hydroxyl groups excluding tert-OH is 1. The number of aromatic nitrogens is 2. The second kappa shape index (κ2) is 8.36. The summed E-state index contributed by atoms with van der Waals surface area (Å²) >= 11 is 0. The number of nitrogens with zero attached hydrogens (tertiary/aromatic N) is 1. The minimum atomic E-state index is -2.30. The Morgan fingerprint density at radius 1 is 1.26 bits per heavy atom. The SMILES string of the molecule is C=S(=O)(CC)c1cccc(-c2ccc(NCC[C@@H](C)O)c3[nH]c4ncc(C)cc4c23)c1. The van der Waals surface area contributed by atoms with E-state index in [0.29, 0.717) is 18.7 Å². The number of aliphatic hydroxyl groups is 1. The van der Waals surface area contributed by atoms with E-state index in [9.17, 15) is 9.32 Å². The second-order valence-electron chi connectivity index (χ2n) is 8.14. The molecule has 4 aromatic rings. The van der Waals surface area contributed by atoms with Crippen LogP contribution in [-0.4, -0.2) is 43.6 Å². The Hall–Kier alpha value is -2.83. The lowest BCUT2D eigenvalue weighted by atomic mass is 9.98. The molecule has 0 saturated carbocycles. The number of aromatic amines is 1. The average molecular weight is 436 g/mol. The van der Waals surface area contributed by atoms with Gasteiger partial charge in [-0.25, -0.2) is 4.98 Å². The Balaban J connectivity index is 1.93. The molecule has 0 aliphatic carbocycles. The molecule has 2 aromatic carbocycles. The largest absolute Gasteiger partial charge is 0.393 e. The first-order valence-corrected chi connectivity index (χ1v) is 12.5. The van der Waals surface area contributed by atoms with Crippen molar-refractivity contribution >= 4 is 43.0 Å². The fourth-order valence-corrected chi connectivity index (χ4v) is 4.86. The van der Waals surface area contributed by atoms with E-state index in [-0.39, 0.29) is 6.10 Å². The Morgan fingerprint density at radius 2 is 2.06 bits per heavy atom. The topological polar surface area (TPSA) is 78.0 Å². The lowest BCUT2D eigenvalue weighted by Gasteiger charge is -2.13. The molecule has 4 rings (SSSR count). The summed E-state index contributed by atoms with van der Waals surface area (Å²) in [6.45, 7) is 6.40. The molecule has 0 bridgehead atoms. The van der Waals surface area contributed by atoms with Crippen LogP contribution < -0.4 is 5.32 Å². The first-order valence-electron chi connectivity index (χ1n) is 10.6. The van der Waals surface area contributed by atoms with E-state index in [1.807, 2.05) is 44.3 Å². The van der Waals surface area contributed by atoms with E-state index >= 15 is 0 Å². The molecule has 2 heterocycles. The first-order chi connectivity index (χ1) is 14.8. The molecule has 6 heteroatoms. The van der Waals surface area contributed by atoms with Crippen LogP contribution in [0.4, 0.5) is 5.69 Å². The quantitative estimate of drug-likeness (QED) is 0.358. The molecule has 0 amide bonds. The molecule has 0 fully saturated rings. The van der Waals surface area contributed by atoms with Crippen LogP contribution in [-0.2, 0) is 9.52 Å².